The molecule has 25 heavy (non-hydrogen) atoms. The number of hydrogen-bond donors (Lipinski definition) is 3. The van der Waals surface area contributed by atoms with E-state index in [9.17, 15) is 14.7 Å². The number of amides is 2. The van der Waals surface area contributed by atoms with E-state index in [2.05, 4.69) is 28.8 Å². The third-order valence-electron chi connectivity index (χ3n) is 5.86. The van der Waals surface area contributed by atoms with Gasteiger partial charge in [-0.05, 0) is 68.1 Å². The third kappa shape index (κ3) is 3.17. The zero-order chi connectivity index (χ0) is 17.6. The van der Waals surface area contributed by atoms with Crippen molar-refractivity contribution in [2.75, 3.05) is 0 Å². The van der Waals surface area contributed by atoms with Crippen LogP contribution in [-0.2, 0) is 16.0 Å². The predicted molar refractivity (Wildman–Crippen MR) is 94.0 cm³/mol. The van der Waals surface area contributed by atoms with Gasteiger partial charge in [0.15, 0.2) is 0 Å². The first kappa shape index (κ1) is 16.6. The van der Waals surface area contributed by atoms with Crippen LogP contribution in [0.1, 0.15) is 67.7 Å². The Morgan fingerprint density at radius 1 is 1.24 bits per heavy atom. The Morgan fingerprint density at radius 3 is 2.76 bits per heavy atom. The van der Waals surface area contributed by atoms with Gasteiger partial charge in [-0.25, -0.2) is 0 Å². The first-order valence-corrected chi connectivity index (χ1v) is 9.45. The van der Waals surface area contributed by atoms with E-state index < -0.39 is 12.1 Å². The maximum atomic E-state index is 12.7. The molecular formula is C20H26N2O3. The summed E-state index contributed by atoms with van der Waals surface area (Å²) < 4.78 is 0. The Hall–Kier alpha value is -1.88. The third-order valence-corrected chi connectivity index (χ3v) is 5.86. The molecular weight excluding hydrogens is 316 g/mol. The van der Waals surface area contributed by atoms with Crippen molar-refractivity contribution in [1.29, 1.82) is 0 Å². The molecule has 3 aliphatic rings. The smallest absolute Gasteiger partial charge is 0.245 e. The van der Waals surface area contributed by atoms with Crippen LogP contribution in [0.15, 0.2) is 18.2 Å². The minimum atomic E-state index is -0.915. The minimum Gasteiger partial charge on any atom is -0.391 e. The van der Waals surface area contributed by atoms with Gasteiger partial charge < -0.3 is 15.7 Å². The molecule has 3 N–H and O–H groups in total. The highest BCUT2D eigenvalue weighted by Crippen LogP contribution is 2.47. The Bertz CT molecular complexity index is 696. The second kappa shape index (κ2) is 6.45. The minimum absolute atomic E-state index is 0.0160. The summed E-state index contributed by atoms with van der Waals surface area (Å²) in [5.41, 5.74) is 4.06. The molecule has 0 aliphatic heterocycles. The zero-order valence-electron chi connectivity index (χ0n) is 14.6. The topological polar surface area (TPSA) is 78.4 Å². The monoisotopic (exact) mass is 342 g/mol. The molecule has 0 heterocycles. The van der Waals surface area contributed by atoms with Gasteiger partial charge in [-0.15, -0.1) is 0 Å². The molecule has 0 radical (unpaired) electrons. The molecule has 0 aromatic heterocycles. The van der Waals surface area contributed by atoms with Crippen LogP contribution in [0.25, 0.3) is 0 Å². The molecule has 4 atom stereocenters. The van der Waals surface area contributed by atoms with Crippen molar-refractivity contribution in [2.45, 2.75) is 69.6 Å². The van der Waals surface area contributed by atoms with Crippen molar-refractivity contribution < 1.29 is 14.7 Å². The van der Waals surface area contributed by atoms with Crippen LogP contribution in [-0.4, -0.2) is 29.1 Å². The van der Waals surface area contributed by atoms with Crippen LogP contribution >= 0.6 is 0 Å². The predicted octanol–water partition coefficient (Wildman–Crippen LogP) is 1.94. The van der Waals surface area contributed by atoms with Crippen LogP contribution in [0, 0.1) is 5.92 Å². The summed E-state index contributed by atoms with van der Waals surface area (Å²) >= 11 is 0. The van der Waals surface area contributed by atoms with Crippen molar-refractivity contribution in [2.24, 2.45) is 5.92 Å². The lowest BCUT2D eigenvalue weighted by Crippen LogP contribution is -2.53. The van der Waals surface area contributed by atoms with E-state index in [0.29, 0.717) is 5.92 Å². The van der Waals surface area contributed by atoms with Crippen molar-refractivity contribution >= 4 is 11.8 Å². The molecule has 5 nitrogen and oxygen atoms in total. The van der Waals surface area contributed by atoms with Gasteiger partial charge >= 0.3 is 0 Å². The molecule has 2 amide bonds. The number of hydrogen-bond acceptors (Lipinski definition) is 3. The van der Waals surface area contributed by atoms with Crippen molar-refractivity contribution in [3.05, 3.63) is 34.9 Å². The Kier molecular flexibility index (Phi) is 4.28. The lowest BCUT2D eigenvalue weighted by Gasteiger charge is -2.23. The Morgan fingerprint density at radius 2 is 2.04 bits per heavy atom. The van der Waals surface area contributed by atoms with Crippen molar-refractivity contribution in [1.82, 2.24) is 10.6 Å². The summed E-state index contributed by atoms with van der Waals surface area (Å²) in [4.78, 5) is 24.7. The molecule has 0 bridgehead atoms. The largest absolute Gasteiger partial charge is 0.391 e. The first-order chi connectivity index (χ1) is 12.0. The van der Waals surface area contributed by atoms with E-state index in [1.807, 2.05) is 0 Å². The molecule has 0 saturated heterocycles. The summed E-state index contributed by atoms with van der Waals surface area (Å²) in [6, 6.07) is 5.47. The van der Waals surface area contributed by atoms with Gasteiger partial charge in [-0.2, -0.15) is 0 Å². The molecule has 3 aliphatic carbocycles. The van der Waals surface area contributed by atoms with Crippen molar-refractivity contribution in [3.63, 3.8) is 0 Å². The van der Waals surface area contributed by atoms with Crippen LogP contribution in [0.3, 0.4) is 0 Å². The number of rotatable bonds is 5. The van der Waals surface area contributed by atoms with Gasteiger partial charge in [0.25, 0.3) is 0 Å². The number of carbonyl (C=O) groups is 2. The number of nitrogens with one attached hydrogen (secondary N) is 2. The van der Waals surface area contributed by atoms with Gasteiger partial charge in [0, 0.05) is 5.92 Å². The fourth-order valence-corrected chi connectivity index (χ4v) is 4.40. The lowest BCUT2D eigenvalue weighted by atomic mass is 9.84. The van der Waals surface area contributed by atoms with E-state index in [-0.39, 0.29) is 23.8 Å². The summed E-state index contributed by atoms with van der Waals surface area (Å²) in [6.07, 6.45) is 5.25. The molecule has 1 fully saturated rings. The van der Waals surface area contributed by atoms with E-state index in [1.54, 1.807) is 6.92 Å². The SMILES string of the molecule is CC(O)C(NC(=O)C1CC1)C(=O)NC1CC2CCCc3cccc1c32. The molecule has 134 valence electrons. The summed E-state index contributed by atoms with van der Waals surface area (Å²) in [6.45, 7) is 1.55. The second-order valence-corrected chi connectivity index (χ2v) is 7.81. The highest BCUT2D eigenvalue weighted by Gasteiger charge is 2.38. The van der Waals surface area contributed by atoms with E-state index in [1.165, 1.54) is 29.5 Å². The maximum absolute atomic E-state index is 12.7. The van der Waals surface area contributed by atoms with E-state index in [4.69, 9.17) is 0 Å². The quantitative estimate of drug-likeness (QED) is 0.765. The van der Waals surface area contributed by atoms with E-state index >= 15 is 0 Å². The fourth-order valence-electron chi connectivity index (χ4n) is 4.40. The number of aliphatic hydroxyl groups excluding tert-OH is 1. The zero-order valence-corrected chi connectivity index (χ0v) is 14.6. The highest BCUT2D eigenvalue weighted by molar-refractivity contribution is 5.90. The van der Waals surface area contributed by atoms with E-state index in [0.717, 1.165) is 25.7 Å². The highest BCUT2D eigenvalue weighted by atomic mass is 16.3. The molecule has 4 rings (SSSR count). The molecule has 1 aromatic rings. The summed E-state index contributed by atoms with van der Waals surface area (Å²) in [7, 11) is 0. The number of carbonyl (C=O) groups excluding carboxylic acids is 2. The summed E-state index contributed by atoms with van der Waals surface area (Å²) in [5.74, 6) is 0.134. The van der Waals surface area contributed by atoms with Crippen LogP contribution in [0.2, 0.25) is 0 Å². The average molecular weight is 342 g/mol. The molecule has 5 heteroatoms. The van der Waals surface area contributed by atoms with Gasteiger partial charge in [-0.3, -0.25) is 9.59 Å². The van der Waals surface area contributed by atoms with Gasteiger partial charge in [0.1, 0.15) is 6.04 Å². The molecule has 1 saturated carbocycles. The first-order valence-electron chi connectivity index (χ1n) is 9.45. The van der Waals surface area contributed by atoms with Gasteiger partial charge in [0.05, 0.1) is 12.1 Å². The molecule has 1 aromatic carbocycles. The van der Waals surface area contributed by atoms with Gasteiger partial charge in [-0.1, -0.05) is 18.2 Å². The number of aryl methyl sites for hydroxylation is 1. The Balaban J connectivity index is 1.49. The van der Waals surface area contributed by atoms with Crippen LogP contribution in [0.4, 0.5) is 0 Å². The number of benzene rings is 1. The van der Waals surface area contributed by atoms with Crippen molar-refractivity contribution in [3.8, 4) is 0 Å². The Labute approximate surface area is 148 Å². The average Bonchev–Trinajstić information content (AvgIpc) is 3.38. The molecule has 0 spiro atoms. The standard InChI is InChI=1S/C20H26N2O3/c1-11(23)18(22-19(24)13-8-9-13)20(25)21-16-10-14-6-2-4-12-5-3-7-15(16)17(12)14/h3,5,7,11,13-14,16,18,23H,2,4,6,8-10H2,1H3,(H,21,25)(H,22,24). The fraction of sp³-hybridized carbons (Fsp3) is 0.600. The van der Waals surface area contributed by atoms with Gasteiger partial charge in [0.2, 0.25) is 11.8 Å². The second-order valence-electron chi connectivity index (χ2n) is 7.81. The maximum Gasteiger partial charge on any atom is 0.245 e. The summed E-state index contributed by atoms with van der Waals surface area (Å²) in [5, 5.41) is 15.8. The normalized spacial score (nSPS) is 26.5. The lowest BCUT2D eigenvalue weighted by molar-refractivity contribution is -0.132. The van der Waals surface area contributed by atoms with Crippen LogP contribution < -0.4 is 10.6 Å². The molecule has 4 unspecified atom stereocenters. The van der Waals surface area contributed by atoms with Crippen LogP contribution in [0.5, 0.6) is 0 Å². The number of aliphatic hydroxyl groups is 1.